The third-order valence-corrected chi connectivity index (χ3v) is 3.89. The third-order valence-electron chi connectivity index (χ3n) is 3.58. The van der Waals surface area contributed by atoms with Gasteiger partial charge in [-0.05, 0) is 48.7 Å². The number of nitrogens with one attached hydrogen (secondary N) is 1. The number of rotatable bonds is 5. The summed E-state index contributed by atoms with van der Waals surface area (Å²) in [6, 6.07) is 13.6. The van der Waals surface area contributed by atoms with Gasteiger partial charge in [-0.3, -0.25) is 0 Å². The molecule has 0 bridgehead atoms. The summed E-state index contributed by atoms with van der Waals surface area (Å²) in [6.45, 7) is 2.15. The summed E-state index contributed by atoms with van der Waals surface area (Å²) in [7, 11) is 1.93. The van der Waals surface area contributed by atoms with Gasteiger partial charge in [0.2, 0.25) is 0 Å². The molecule has 1 N–H and O–H groups in total. The van der Waals surface area contributed by atoms with E-state index in [-0.39, 0.29) is 16.9 Å². The summed E-state index contributed by atoms with van der Waals surface area (Å²) >= 11 is 5.73. The molecule has 0 radical (unpaired) electrons. The second-order valence-corrected chi connectivity index (χ2v) is 5.25. The van der Waals surface area contributed by atoms with Gasteiger partial charge in [-0.25, -0.2) is 4.39 Å². The van der Waals surface area contributed by atoms with Crippen LogP contribution >= 0.6 is 11.6 Å². The Balaban J connectivity index is 2.26. The summed E-state index contributed by atoms with van der Waals surface area (Å²) in [6.07, 6.45) is 1.73. The van der Waals surface area contributed by atoms with Crippen molar-refractivity contribution in [2.24, 2.45) is 0 Å². The van der Waals surface area contributed by atoms with Crippen LogP contribution in [0.4, 0.5) is 4.39 Å². The molecule has 0 aromatic heterocycles. The molecule has 3 heteroatoms. The number of likely N-dealkylation sites (N-methyl/N-ethyl adjacent to an activating group) is 1. The van der Waals surface area contributed by atoms with Crippen molar-refractivity contribution in [1.29, 1.82) is 0 Å². The molecule has 0 aliphatic carbocycles. The zero-order chi connectivity index (χ0) is 14.5. The van der Waals surface area contributed by atoms with Crippen molar-refractivity contribution in [2.45, 2.75) is 25.8 Å². The van der Waals surface area contributed by atoms with Crippen LogP contribution in [0.2, 0.25) is 5.02 Å². The lowest BCUT2D eigenvalue weighted by molar-refractivity contribution is 0.580. The predicted octanol–water partition coefficient (Wildman–Crippen LogP) is 4.54. The summed E-state index contributed by atoms with van der Waals surface area (Å²) in [5.41, 5.74) is 3.53. The van der Waals surface area contributed by atoms with Crippen LogP contribution in [0.25, 0.3) is 0 Å². The first kappa shape index (κ1) is 15.0. The predicted molar refractivity (Wildman–Crippen MR) is 82.7 cm³/mol. The number of halogens is 2. The third kappa shape index (κ3) is 3.38. The number of benzene rings is 2. The molecule has 0 spiro atoms. The first-order valence-corrected chi connectivity index (χ1v) is 7.22. The van der Waals surface area contributed by atoms with Crippen LogP contribution in [0, 0.1) is 5.82 Å². The van der Waals surface area contributed by atoms with E-state index < -0.39 is 0 Å². The highest BCUT2D eigenvalue weighted by Crippen LogP contribution is 2.24. The fraction of sp³-hybridized carbons (Fsp3) is 0.294. The minimum absolute atomic E-state index is 0.170. The average Bonchev–Trinajstić information content (AvgIpc) is 2.48. The Bertz CT molecular complexity index is 583. The molecular weight excluding hydrogens is 273 g/mol. The lowest BCUT2D eigenvalue weighted by atomic mass is 9.94. The molecule has 0 saturated carbocycles. The van der Waals surface area contributed by atoms with Gasteiger partial charge in [0.1, 0.15) is 5.82 Å². The molecule has 0 saturated heterocycles. The molecular formula is C17H19ClFN. The summed E-state index contributed by atoms with van der Waals surface area (Å²) < 4.78 is 13.5. The van der Waals surface area contributed by atoms with Gasteiger partial charge in [0, 0.05) is 6.04 Å². The first-order valence-electron chi connectivity index (χ1n) is 6.84. The summed E-state index contributed by atoms with van der Waals surface area (Å²) in [5.74, 6) is -0.359. The number of hydrogen-bond acceptors (Lipinski definition) is 1. The molecule has 2 aromatic rings. The normalized spacial score (nSPS) is 12.4. The zero-order valence-electron chi connectivity index (χ0n) is 11.8. The summed E-state index contributed by atoms with van der Waals surface area (Å²) in [4.78, 5) is 0. The maximum atomic E-state index is 13.5. The van der Waals surface area contributed by atoms with Crippen molar-refractivity contribution in [3.8, 4) is 0 Å². The molecule has 1 unspecified atom stereocenters. The highest BCUT2D eigenvalue weighted by atomic mass is 35.5. The van der Waals surface area contributed by atoms with Crippen molar-refractivity contribution in [3.05, 3.63) is 70.0 Å². The van der Waals surface area contributed by atoms with E-state index in [2.05, 4.69) is 30.4 Å². The van der Waals surface area contributed by atoms with Crippen LogP contribution in [-0.2, 0) is 12.8 Å². The molecule has 1 nitrogen and oxygen atoms in total. The van der Waals surface area contributed by atoms with Gasteiger partial charge in [0.05, 0.1) is 5.02 Å². The van der Waals surface area contributed by atoms with E-state index in [1.165, 1.54) is 17.2 Å². The second kappa shape index (κ2) is 6.87. The highest BCUT2D eigenvalue weighted by molar-refractivity contribution is 6.30. The van der Waals surface area contributed by atoms with Gasteiger partial charge < -0.3 is 5.32 Å². The van der Waals surface area contributed by atoms with E-state index in [1.54, 1.807) is 6.07 Å². The molecule has 20 heavy (non-hydrogen) atoms. The smallest absolute Gasteiger partial charge is 0.142 e. The van der Waals surface area contributed by atoms with Gasteiger partial charge in [-0.15, -0.1) is 0 Å². The zero-order valence-corrected chi connectivity index (χ0v) is 12.5. The summed E-state index contributed by atoms with van der Waals surface area (Å²) in [5, 5.41) is 3.49. The van der Waals surface area contributed by atoms with Gasteiger partial charge in [0.25, 0.3) is 0 Å². The number of hydrogen-bond donors (Lipinski definition) is 1. The highest BCUT2D eigenvalue weighted by Gasteiger charge is 2.14. The topological polar surface area (TPSA) is 12.0 Å². The van der Waals surface area contributed by atoms with Crippen molar-refractivity contribution < 1.29 is 4.39 Å². The Labute approximate surface area is 124 Å². The van der Waals surface area contributed by atoms with E-state index in [9.17, 15) is 4.39 Å². The lowest BCUT2D eigenvalue weighted by Gasteiger charge is -2.20. The minimum atomic E-state index is -0.359. The van der Waals surface area contributed by atoms with Crippen LogP contribution in [0.3, 0.4) is 0 Å². The fourth-order valence-corrected chi connectivity index (χ4v) is 2.58. The van der Waals surface area contributed by atoms with Gasteiger partial charge in [-0.2, -0.15) is 0 Å². The average molecular weight is 292 g/mol. The minimum Gasteiger partial charge on any atom is -0.313 e. The molecule has 0 fully saturated rings. The van der Waals surface area contributed by atoms with Crippen LogP contribution < -0.4 is 5.32 Å². The number of aryl methyl sites for hydroxylation is 1. The maximum absolute atomic E-state index is 13.5. The largest absolute Gasteiger partial charge is 0.313 e. The van der Waals surface area contributed by atoms with Crippen LogP contribution in [0.15, 0.2) is 42.5 Å². The molecule has 1 atom stereocenters. The monoisotopic (exact) mass is 291 g/mol. The van der Waals surface area contributed by atoms with E-state index in [0.717, 1.165) is 18.4 Å². The molecule has 0 heterocycles. The van der Waals surface area contributed by atoms with Crippen molar-refractivity contribution >= 4 is 11.6 Å². The van der Waals surface area contributed by atoms with E-state index in [4.69, 9.17) is 11.6 Å². The Morgan fingerprint density at radius 2 is 1.95 bits per heavy atom. The Morgan fingerprint density at radius 1 is 1.20 bits per heavy atom. The van der Waals surface area contributed by atoms with Crippen molar-refractivity contribution in [3.63, 3.8) is 0 Å². The van der Waals surface area contributed by atoms with Gasteiger partial charge in [-0.1, -0.05) is 48.9 Å². The Hall–Kier alpha value is -1.38. The maximum Gasteiger partial charge on any atom is 0.142 e. The SMILES string of the molecule is CCc1ccccc1C(Cc1ccc(Cl)c(F)c1)NC. The standard InChI is InChI=1S/C17H19ClFN/c1-3-13-6-4-5-7-14(13)17(20-2)11-12-8-9-15(18)16(19)10-12/h4-10,17,20H,3,11H2,1-2H3. The van der Waals surface area contributed by atoms with E-state index in [0.29, 0.717) is 0 Å². The Kier molecular flexibility index (Phi) is 5.16. The first-order chi connectivity index (χ1) is 9.65. The van der Waals surface area contributed by atoms with E-state index >= 15 is 0 Å². The molecule has 0 aliphatic heterocycles. The molecule has 2 aromatic carbocycles. The molecule has 0 amide bonds. The molecule has 0 aliphatic rings. The van der Waals surface area contributed by atoms with Crippen LogP contribution in [-0.4, -0.2) is 7.05 Å². The van der Waals surface area contributed by atoms with Crippen LogP contribution in [0.1, 0.15) is 29.7 Å². The van der Waals surface area contributed by atoms with Crippen molar-refractivity contribution in [2.75, 3.05) is 7.05 Å². The van der Waals surface area contributed by atoms with Gasteiger partial charge >= 0.3 is 0 Å². The lowest BCUT2D eigenvalue weighted by Crippen LogP contribution is -2.20. The Morgan fingerprint density at radius 3 is 2.60 bits per heavy atom. The quantitative estimate of drug-likeness (QED) is 0.852. The fourth-order valence-electron chi connectivity index (χ4n) is 2.47. The molecule has 2 rings (SSSR count). The molecule has 106 valence electrons. The van der Waals surface area contributed by atoms with E-state index in [1.807, 2.05) is 19.2 Å². The van der Waals surface area contributed by atoms with Crippen LogP contribution in [0.5, 0.6) is 0 Å². The van der Waals surface area contributed by atoms with Gasteiger partial charge in [0.15, 0.2) is 0 Å². The second-order valence-electron chi connectivity index (χ2n) is 4.85. The van der Waals surface area contributed by atoms with Crippen molar-refractivity contribution in [1.82, 2.24) is 5.32 Å².